The van der Waals surface area contributed by atoms with Crippen molar-refractivity contribution in [3.8, 4) is 0 Å². The number of hydrogen-bond acceptors (Lipinski definition) is 6. The molecule has 0 radical (unpaired) electrons. The second kappa shape index (κ2) is 16.1. The van der Waals surface area contributed by atoms with Crippen molar-refractivity contribution >= 4 is 63.2 Å². The zero-order valence-electron chi connectivity index (χ0n) is 26.5. The van der Waals surface area contributed by atoms with Crippen molar-refractivity contribution < 1.29 is 9.59 Å². The first-order valence-corrected chi connectivity index (χ1v) is 17.4. The second-order valence-electron chi connectivity index (χ2n) is 12.0. The highest BCUT2D eigenvalue weighted by Crippen LogP contribution is 2.31. The van der Waals surface area contributed by atoms with E-state index in [0.717, 1.165) is 63.4 Å². The molecule has 5 aromatic rings. The van der Waals surface area contributed by atoms with Crippen molar-refractivity contribution in [2.75, 3.05) is 38.0 Å². The Morgan fingerprint density at radius 3 is 2.15 bits per heavy atom. The molecule has 11 heteroatoms. The molecule has 1 unspecified atom stereocenters. The molecule has 1 aliphatic heterocycles. The number of Topliss-reactive ketones (excluding diaryl/α,β-unsaturated/α-hetero) is 1. The number of nitrogens with zero attached hydrogens (tertiary/aromatic N) is 5. The largest absolute Gasteiger partial charge is 0.332 e. The maximum atomic E-state index is 13.2. The average Bonchev–Trinajstić information content (AvgIpc) is 3.48. The Hall–Kier alpha value is -3.79. The van der Waals surface area contributed by atoms with Crippen molar-refractivity contribution in [1.82, 2.24) is 24.3 Å². The van der Waals surface area contributed by atoms with Crippen molar-refractivity contribution in [2.24, 2.45) is 0 Å². The van der Waals surface area contributed by atoms with Gasteiger partial charge in [0.15, 0.2) is 0 Å². The molecule has 1 fully saturated rings. The van der Waals surface area contributed by atoms with Crippen LogP contribution in [-0.4, -0.2) is 68.7 Å². The maximum absolute atomic E-state index is 13.2. The van der Waals surface area contributed by atoms with Crippen LogP contribution >= 0.6 is 34.8 Å². The number of fused-ring (bicyclic) bond motifs is 1. The maximum Gasteiger partial charge on any atom is 0.296 e. The molecule has 8 nitrogen and oxygen atoms in total. The molecule has 1 atom stereocenters. The van der Waals surface area contributed by atoms with E-state index in [1.807, 2.05) is 22.8 Å². The van der Waals surface area contributed by atoms with E-state index in [4.69, 9.17) is 34.8 Å². The Bertz CT molecular complexity index is 1840. The van der Waals surface area contributed by atoms with Crippen LogP contribution in [0.2, 0.25) is 15.1 Å². The van der Waals surface area contributed by atoms with E-state index in [0.29, 0.717) is 23.1 Å². The number of unbranched alkanes of at least 4 members (excludes halogenated alkanes) is 3. The molecule has 4 heterocycles. The van der Waals surface area contributed by atoms with Gasteiger partial charge in [0, 0.05) is 67.9 Å². The monoisotopic (exact) mass is 702 g/mol. The lowest BCUT2D eigenvalue weighted by atomic mass is 9.96. The third-order valence-corrected chi connectivity index (χ3v) is 9.70. The van der Waals surface area contributed by atoms with Gasteiger partial charge < -0.3 is 14.8 Å². The molecule has 1 aliphatic rings. The first-order chi connectivity index (χ1) is 23.4. The van der Waals surface area contributed by atoms with Gasteiger partial charge >= 0.3 is 0 Å². The van der Waals surface area contributed by atoms with Crippen LogP contribution < -0.4 is 5.32 Å². The summed E-state index contributed by atoms with van der Waals surface area (Å²) in [5.74, 6) is -1.51. The average molecular weight is 704 g/mol. The molecule has 6 rings (SSSR count). The normalized spacial score (nSPS) is 14.6. The summed E-state index contributed by atoms with van der Waals surface area (Å²) in [4.78, 5) is 39.6. The van der Waals surface area contributed by atoms with Crippen LogP contribution in [-0.2, 0) is 11.3 Å². The van der Waals surface area contributed by atoms with Gasteiger partial charge in [-0.2, -0.15) is 0 Å². The van der Waals surface area contributed by atoms with Crippen LogP contribution in [0.5, 0.6) is 0 Å². The second-order valence-corrected chi connectivity index (χ2v) is 13.3. The summed E-state index contributed by atoms with van der Waals surface area (Å²) >= 11 is 18.5. The summed E-state index contributed by atoms with van der Waals surface area (Å²) < 4.78 is 1.96. The Kier molecular flexibility index (Phi) is 11.4. The molecule has 48 heavy (non-hydrogen) atoms. The number of halogens is 3. The number of hydrogen-bond donors (Lipinski definition) is 1. The van der Waals surface area contributed by atoms with E-state index in [-0.39, 0.29) is 21.8 Å². The predicted octanol–water partition coefficient (Wildman–Crippen LogP) is 8.18. The Morgan fingerprint density at radius 2 is 1.44 bits per heavy atom. The molecule has 2 aromatic carbocycles. The zero-order valence-corrected chi connectivity index (χ0v) is 28.8. The van der Waals surface area contributed by atoms with E-state index in [9.17, 15) is 9.59 Å². The fourth-order valence-electron chi connectivity index (χ4n) is 6.41. The standard InChI is InChI=1S/C37H37Cl3N6O2/c38-28-14-12-27(13-15-28)34(26-9-4-3-5-10-26)45-21-19-44(20-22-45)17-6-1-2-7-18-46-25-30(29-11-8-16-42-36(29)46)35(47)37(48)43-33-31(39)23-41-24-32(33)40/h3-5,8-16,23-25,34H,1-2,6-7,17-22H2,(H,41,43,48). The zero-order chi connectivity index (χ0) is 33.5. The van der Waals surface area contributed by atoms with E-state index in [2.05, 4.69) is 67.5 Å². The Labute approximate surface area is 295 Å². The van der Waals surface area contributed by atoms with E-state index in [1.54, 1.807) is 18.5 Å². The van der Waals surface area contributed by atoms with Gasteiger partial charge in [0.25, 0.3) is 11.7 Å². The number of carbonyl (C=O) groups is 2. The molecule has 3 aromatic heterocycles. The molecule has 0 saturated carbocycles. The molecule has 248 valence electrons. The number of pyridine rings is 2. The van der Waals surface area contributed by atoms with Crippen LogP contribution in [0.3, 0.4) is 0 Å². The van der Waals surface area contributed by atoms with Crippen LogP contribution in [0.15, 0.2) is 91.5 Å². The van der Waals surface area contributed by atoms with E-state index >= 15 is 0 Å². The summed E-state index contributed by atoms with van der Waals surface area (Å²) in [5, 5.41) is 4.23. The molecule has 1 amide bonds. The van der Waals surface area contributed by atoms with Crippen LogP contribution in [0.1, 0.15) is 53.2 Å². The van der Waals surface area contributed by atoms with Gasteiger partial charge in [0.1, 0.15) is 5.65 Å². The SMILES string of the molecule is O=C(Nc1c(Cl)cncc1Cl)C(=O)c1cn(CCCCCCN2CCN(C(c3ccccc3)c3ccc(Cl)cc3)CC2)c2ncccc12. The lowest BCUT2D eigenvalue weighted by Crippen LogP contribution is -2.48. The van der Waals surface area contributed by atoms with Gasteiger partial charge in [-0.3, -0.25) is 19.5 Å². The highest BCUT2D eigenvalue weighted by atomic mass is 35.5. The highest BCUT2D eigenvalue weighted by Gasteiger charge is 2.27. The molecule has 0 aliphatic carbocycles. The molecule has 0 bridgehead atoms. The number of aryl methyl sites for hydroxylation is 1. The van der Waals surface area contributed by atoms with Gasteiger partial charge in [-0.1, -0.05) is 90.1 Å². The number of aromatic nitrogens is 3. The van der Waals surface area contributed by atoms with Gasteiger partial charge in [-0.15, -0.1) is 0 Å². The van der Waals surface area contributed by atoms with Crippen molar-refractivity contribution in [1.29, 1.82) is 0 Å². The predicted molar refractivity (Wildman–Crippen MR) is 193 cm³/mol. The van der Waals surface area contributed by atoms with E-state index < -0.39 is 11.7 Å². The molecule has 1 saturated heterocycles. The molecule has 0 spiro atoms. The third-order valence-electron chi connectivity index (χ3n) is 8.87. The number of ketones is 1. The van der Waals surface area contributed by atoms with Gasteiger partial charge in [0.05, 0.1) is 27.3 Å². The minimum absolute atomic E-state index is 0.154. The minimum Gasteiger partial charge on any atom is -0.332 e. The van der Waals surface area contributed by atoms with Gasteiger partial charge in [-0.05, 0) is 54.8 Å². The number of piperazine rings is 1. The number of carbonyl (C=O) groups excluding carboxylic acids is 2. The number of rotatable bonds is 13. The minimum atomic E-state index is -0.825. The van der Waals surface area contributed by atoms with Gasteiger partial charge in [-0.25, -0.2) is 4.98 Å². The van der Waals surface area contributed by atoms with E-state index in [1.165, 1.54) is 23.5 Å². The number of amides is 1. The summed E-state index contributed by atoms with van der Waals surface area (Å²) in [6.07, 6.45) is 10.4. The van der Waals surface area contributed by atoms with Crippen molar-refractivity contribution in [2.45, 2.75) is 38.3 Å². The number of benzene rings is 2. The first kappa shape index (κ1) is 34.1. The lowest BCUT2D eigenvalue weighted by Gasteiger charge is -2.40. The number of anilines is 1. The summed E-state index contributed by atoms with van der Waals surface area (Å²) in [6, 6.07) is 22.7. The van der Waals surface area contributed by atoms with Crippen molar-refractivity contribution in [3.63, 3.8) is 0 Å². The van der Waals surface area contributed by atoms with Crippen LogP contribution in [0, 0.1) is 0 Å². The smallest absolute Gasteiger partial charge is 0.296 e. The topological polar surface area (TPSA) is 83.4 Å². The van der Waals surface area contributed by atoms with Crippen molar-refractivity contribution in [3.05, 3.63) is 123 Å². The Morgan fingerprint density at radius 1 is 0.771 bits per heavy atom. The molecular weight excluding hydrogens is 667 g/mol. The fraction of sp³-hybridized carbons (Fsp3) is 0.297. The summed E-state index contributed by atoms with van der Waals surface area (Å²) in [5.41, 5.74) is 3.70. The molecular formula is C37H37Cl3N6O2. The summed E-state index contributed by atoms with van der Waals surface area (Å²) in [7, 11) is 0. The fourth-order valence-corrected chi connectivity index (χ4v) is 6.99. The third kappa shape index (κ3) is 8.08. The van der Waals surface area contributed by atoms with Gasteiger partial charge in [0.2, 0.25) is 0 Å². The number of nitrogens with one attached hydrogen (secondary N) is 1. The quantitative estimate of drug-likeness (QED) is 0.0757. The highest BCUT2D eigenvalue weighted by molar-refractivity contribution is 6.50. The van der Waals surface area contributed by atoms with Crippen LogP contribution in [0.25, 0.3) is 11.0 Å². The Balaban J connectivity index is 0.978. The summed E-state index contributed by atoms with van der Waals surface area (Å²) in [6.45, 7) is 5.89. The molecule has 1 N–H and O–H groups in total. The first-order valence-electron chi connectivity index (χ1n) is 16.2. The lowest BCUT2D eigenvalue weighted by molar-refractivity contribution is -0.112. The van der Waals surface area contributed by atoms with Crippen LogP contribution in [0.4, 0.5) is 5.69 Å².